The van der Waals surface area contributed by atoms with Crippen molar-refractivity contribution in [1.29, 1.82) is 5.26 Å². The fourth-order valence-corrected chi connectivity index (χ4v) is 3.22. The Morgan fingerprint density at radius 3 is 2.50 bits per heavy atom. The molecule has 0 heterocycles. The van der Waals surface area contributed by atoms with Gasteiger partial charge in [0, 0.05) is 6.04 Å². The van der Waals surface area contributed by atoms with Gasteiger partial charge >= 0.3 is 0 Å². The van der Waals surface area contributed by atoms with Crippen LogP contribution in [-0.4, -0.2) is 12.6 Å². The minimum absolute atomic E-state index is 0.351. The van der Waals surface area contributed by atoms with Crippen molar-refractivity contribution in [3.63, 3.8) is 0 Å². The Morgan fingerprint density at radius 1 is 1.33 bits per heavy atom. The standard InChI is InChI=1S/C16H22N2/c1-4-16(3)14(10-15(16)18-5-2)13-8-6-12(11-17)7-9-13/h6-9,14-15,18H,4-5,10H2,1-3H3. The van der Waals surface area contributed by atoms with Gasteiger partial charge in [-0.05, 0) is 48.4 Å². The number of nitriles is 1. The number of benzene rings is 1. The van der Waals surface area contributed by atoms with Gasteiger partial charge in [-0.2, -0.15) is 5.26 Å². The van der Waals surface area contributed by atoms with Crippen LogP contribution in [0.1, 0.15) is 50.7 Å². The number of nitrogens with zero attached hydrogens (tertiary/aromatic N) is 1. The van der Waals surface area contributed by atoms with Gasteiger partial charge in [0.05, 0.1) is 11.6 Å². The van der Waals surface area contributed by atoms with Crippen LogP contribution >= 0.6 is 0 Å². The predicted octanol–water partition coefficient (Wildman–Crippen LogP) is 3.44. The first-order valence-corrected chi connectivity index (χ1v) is 6.89. The van der Waals surface area contributed by atoms with E-state index in [9.17, 15) is 0 Å². The summed E-state index contributed by atoms with van der Waals surface area (Å²) in [5.74, 6) is 0.624. The Balaban J connectivity index is 2.17. The smallest absolute Gasteiger partial charge is 0.0991 e. The predicted molar refractivity (Wildman–Crippen MR) is 74.4 cm³/mol. The molecular formula is C16H22N2. The van der Waals surface area contributed by atoms with Crippen LogP contribution in [0.3, 0.4) is 0 Å². The summed E-state index contributed by atoms with van der Waals surface area (Å²) in [6, 6.07) is 10.9. The first kappa shape index (κ1) is 13.1. The van der Waals surface area contributed by atoms with Crippen LogP contribution in [0.25, 0.3) is 0 Å². The van der Waals surface area contributed by atoms with Gasteiger partial charge in [0.25, 0.3) is 0 Å². The van der Waals surface area contributed by atoms with Gasteiger partial charge in [0.2, 0.25) is 0 Å². The van der Waals surface area contributed by atoms with Crippen LogP contribution in [-0.2, 0) is 0 Å². The average Bonchev–Trinajstić information content (AvgIpc) is 2.42. The zero-order valence-corrected chi connectivity index (χ0v) is 11.5. The summed E-state index contributed by atoms with van der Waals surface area (Å²) < 4.78 is 0. The van der Waals surface area contributed by atoms with Gasteiger partial charge in [-0.3, -0.25) is 0 Å². The third kappa shape index (κ3) is 2.04. The summed E-state index contributed by atoms with van der Waals surface area (Å²) in [4.78, 5) is 0. The highest BCUT2D eigenvalue weighted by molar-refractivity contribution is 5.35. The Morgan fingerprint density at radius 2 is 2.00 bits per heavy atom. The Kier molecular flexibility index (Phi) is 3.73. The van der Waals surface area contributed by atoms with Gasteiger partial charge in [0.1, 0.15) is 0 Å². The second kappa shape index (κ2) is 5.12. The number of hydrogen-bond acceptors (Lipinski definition) is 2. The molecule has 18 heavy (non-hydrogen) atoms. The van der Waals surface area contributed by atoms with E-state index in [1.165, 1.54) is 18.4 Å². The molecule has 2 rings (SSSR count). The molecule has 0 bridgehead atoms. The van der Waals surface area contributed by atoms with Crippen LogP contribution < -0.4 is 5.32 Å². The highest BCUT2D eigenvalue weighted by Gasteiger charge is 2.50. The minimum atomic E-state index is 0.351. The molecule has 2 nitrogen and oxygen atoms in total. The van der Waals surface area contributed by atoms with Crippen molar-refractivity contribution >= 4 is 0 Å². The van der Waals surface area contributed by atoms with Gasteiger partial charge in [-0.1, -0.05) is 32.9 Å². The van der Waals surface area contributed by atoms with E-state index in [-0.39, 0.29) is 0 Å². The van der Waals surface area contributed by atoms with Crippen LogP contribution in [0.15, 0.2) is 24.3 Å². The third-order valence-corrected chi connectivity index (χ3v) is 4.72. The summed E-state index contributed by atoms with van der Waals surface area (Å²) in [5.41, 5.74) is 2.48. The maximum atomic E-state index is 8.84. The normalized spacial score (nSPS) is 30.6. The van der Waals surface area contributed by atoms with Crippen molar-refractivity contribution in [2.24, 2.45) is 5.41 Å². The largest absolute Gasteiger partial charge is 0.314 e. The molecule has 0 saturated heterocycles. The van der Waals surface area contributed by atoms with E-state index in [0.29, 0.717) is 17.4 Å². The lowest BCUT2D eigenvalue weighted by molar-refractivity contribution is 0.0455. The molecule has 96 valence electrons. The highest BCUT2D eigenvalue weighted by atomic mass is 15.0. The van der Waals surface area contributed by atoms with Crippen LogP contribution in [0.2, 0.25) is 0 Å². The van der Waals surface area contributed by atoms with E-state index in [1.54, 1.807) is 0 Å². The molecule has 1 N–H and O–H groups in total. The second-order valence-electron chi connectivity index (χ2n) is 5.49. The fourth-order valence-electron chi connectivity index (χ4n) is 3.22. The lowest BCUT2D eigenvalue weighted by Crippen LogP contribution is -2.56. The molecule has 1 aliphatic rings. The molecule has 1 aromatic rings. The molecule has 3 atom stereocenters. The monoisotopic (exact) mass is 242 g/mol. The maximum absolute atomic E-state index is 8.84. The summed E-state index contributed by atoms with van der Waals surface area (Å²) >= 11 is 0. The summed E-state index contributed by atoms with van der Waals surface area (Å²) in [7, 11) is 0. The lowest BCUT2D eigenvalue weighted by Gasteiger charge is -2.55. The molecule has 0 aromatic heterocycles. The first-order chi connectivity index (χ1) is 8.65. The quantitative estimate of drug-likeness (QED) is 0.878. The van der Waals surface area contributed by atoms with Crippen LogP contribution in [0.4, 0.5) is 0 Å². The molecule has 1 aromatic carbocycles. The molecule has 1 fully saturated rings. The minimum Gasteiger partial charge on any atom is -0.314 e. The van der Waals surface area contributed by atoms with Crippen molar-refractivity contribution < 1.29 is 0 Å². The lowest BCUT2D eigenvalue weighted by atomic mass is 9.54. The molecule has 0 amide bonds. The SMILES string of the molecule is CCNC1CC(c2ccc(C#N)cc2)C1(C)CC. The third-order valence-electron chi connectivity index (χ3n) is 4.72. The van der Waals surface area contributed by atoms with Crippen LogP contribution in [0, 0.1) is 16.7 Å². The zero-order chi connectivity index (χ0) is 13.2. The Bertz CT molecular complexity index is 443. The number of hydrogen-bond donors (Lipinski definition) is 1. The summed E-state index contributed by atoms with van der Waals surface area (Å²) in [5, 5.41) is 12.4. The zero-order valence-electron chi connectivity index (χ0n) is 11.5. The van der Waals surface area contributed by atoms with Gasteiger partial charge in [-0.25, -0.2) is 0 Å². The van der Waals surface area contributed by atoms with Crippen molar-refractivity contribution in [2.45, 2.75) is 45.6 Å². The van der Waals surface area contributed by atoms with E-state index in [4.69, 9.17) is 5.26 Å². The summed E-state index contributed by atoms with van der Waals surface area (Å²) in [6.07, 6.45) is 2.40. The highest BCUT2D eigenvalue weighted by Crippen LogP contribution is 2.54. The van der Waals surface area contributed by atoms with E-state index in [2.05, 4.69) is 44.3 Å². The molecule has 2 heteroatoms. The first-order valence-electron chi connectivity index (χ1n) is 6.89. The molecule has 1 aliphatic carbocycles. The number of rotatable bonds is 4. The molecular weight excluding hydrogens is 220 g/mol. The van der Waals surface area contributed by atoms with E-state index in [1.807, 2.05) is 12.1 Å². The average molecular weight is 242 g/mol. The van der Waals surface area contributed by atoms with E-state index < -0.39 is 0 Å². The van der Waals surface area contributed by atoms with Crippen molar-refractivity contribution in [3.8, 4) is 6.07 Å². The van der Waals surface area contributed by atoms with E-state index in [0.717, 1.165) is 12.1 Å². The van der Waals surface area contributed by atoms with Crippen molar-refractivity contribution in [2.75, 3.05) is 6.54 Å². The molecule has 1 saturated carbocycles. The number of nitrogens with one attached hydrogen (secondary N) is 1. The molecule has 0 radical (unpaired) electrons. The van der Waals surface area contributed by atoms with Gasteiger partial charge < -0.3 is 5.32 Å². The van der Waals surface area contributed by atoms with Crippen LogP contribution in [0.5, 0.6) is 0 Å². The van der Waals surface area contributed by atoms with Gasteiger partial charge in [-0.15, -0.1) is 0 Å². The van der Waals surface area contributed by atoms with Gasteiger partial charge in [0.15, 0.2) is 0 Å². The Hall–Kier alpha value is -1.33. The molecule has 0 spiro atoms. The topological polar surface area (TPSA) is 35.8 Å². The van der Waals surface area contributed by atoms with Crippen molar-refractivity contribution in [1.82, 2.24) is 5.32 Å². The second-order valence-corrected chi connectivity index (χ2v) is 5.49. The van der Waals surface area contributed by atoms with Crippen molar-refractivity contribution in [3.05, 3.63) is 35.4 Å². The molecule has 3 unspecified atom stereocenters. The Labute approximate surface area is 110 Å². The fraction of sp³-hybridized carbons (Fsp3) is 0.562. The maximum Gasteiger partial charge on any atom is 0.0991 e. The van der Waals surface area contributed by atoms with E-state index >= 15 is 0 Å². The summed E-state index contributed by atoms with van der Waals surface area (Å²) in [6.45, 7) is 7.87. The molecule has 0 aliphatic heterocycles.